The Bertz CT molecular complexity index is 762. The van der Waals surface area contributed by atoms with Crippen LogP contribution in [-0.4, -0.2) is 53.2 Å². The molecule has 0 bridgehead atoms. The highest BCUT2D eigenvalue weighted by Crippen LogP contribution is 2.45. The predicted molar refractivity (Wildman–Crippen MR) is 105 cm³/mol. The molecule has 3 fully saturated rings. The minimum absolute atomic E-state index is 0.459. The fraction of sp³-hybridized carbons (Fsp3) is 0.636. The molecule has 5 heteroatoms. The van der Waals surface area contributed by atoms with E-state index in [4.69, 9.17) is 4.52 Å². The molecule has 5 nitrogen and oxygen atoms in total. The second-order valence-corrected chi connectivity index (χ2v) is 9.11. The zero-order valence-electron chi connectivity index (χ0n) is 16.3. The molecule has 2 saturated heterocycles. The van der Waals surface area contributed by atoms with Crippen LogP contribution in [0.4, 0.5) is 0 Å². The smallest absolute Gasteiger partial charge is 0.229 e. The average Bonchev–Trinajstić information content (AvgIpc) is 3.43. The Morgan fingerprint density at radius 1 is 1.11 bits per heavy atom. The van der Waals surface area contributed by atoms with E-state index >= 15 is 0 Å². The van der Waals surface area contributed by atoms with E-state index in [0.717, 1.165) is 31.3 Å². The zero-order valence-corrected chi connectivity index (χ0v) is 16.3. The van der Waals surface area contributed by atoms with Gasteiger partial charge < -0.3 is 9.42 Å². The maximum atomic E-state index is 5.42. The lowest BCUT2D eigenvalue weighted by Crippen LogP contribution is -2.50. The molecule has 1 unspecified atom stereocenters. The van der Waals surface area contributed by atoms with Gasteiger partial charge in [-0.1, -0.05) is 35.5 Å². The Hall–Kier alpha value is -1.72. The fourth-order valence-electron chi connectivity index (χ4n) is 5.19. The van der Waals surface area contributed by atoms with Crippen LogP contribution in [0.5, 0.6) is 0 Å². The molecule has 3 heterocycles. The molecule has 0 radical (unpaired) electrons. The van der Waals surface area contributed by atoms with Crippen LogP contribution in [-0.2, 0) is 6.54 Å². The number of hydrogen-bond donors (Lipinski definition) is 0. The van der Waals surface area contributed by atoms with Crippen molar-refractivity contribution >= 4 is 0 Å². The number of hydrogen-bond acceptors (Lipinski definition) is 5. The van der Waals surface area contributed by atoms with E-state index in [1.54, 1.807) is 0 Å². The lowest BCUT2D eigenvalue weighted by atomic mass is 9.68. The second kappa shape index (κ2) is 7.02. The van der Waals surface area contributed by atoms with Gasteiger partial charge in [0, 0.05) is 19.0 Å². The zero-order chi connectivity index (χ0) is 18.3. The second-order valence-electron chi connectivity index (χ2n) is 9.11. The molecule has 1 atom stereocenters. The molecular formula is C22H30N4O. The maximum Gasteiger partial charge on any atom is 0.229 e. The van der Waals surface area contributed by atoms with E-state index in [2.05, 4.69) is 57.3 Å². The van der Waals surface area contributed by atoms with Gasteiger partial charge >= 0.3 is 0 Å². The predicted octanol–water partition coefficient (Wildman–Crippen LogP) is 3.65. The summed E-state index contributed by atoms with van der Waals surface area (Å²) in [6.45, 7) is 5.54. The van der Waals surface area contributed by atoms with Crippen LogP contribution in [0.3, 0.4) is 0 Å². The van der Waals surface area contributed by atoms with Crippen molar-refractivity contribution in [3.8, 4) is 0 Å². The van der Waals surface area contributed by atoms with E-state index < -0.39 is 0 Å². The summed E-state index contributed by atoms with van der Waals surface area (Å²) in [7, 11) is 2.29. The average molecular weight is 367 g/mol. The largest absolute Gasteiger partial charge is 0.339 e. The standard InChI is InChI=1S/C22H30N4O/c1-25-14-19(17-5-3-2-4-6-17)13-22(16-25)9-11-26(12-10-22)15-20-23-21(27-24-20)18-7-8-18/h2-6,18-19H,7-16H2,1H3. The monoisotopic (exact) mass is 366 g/mol. The summed E-state index contributed by atoms with van der Waals surface area (Å²) in [5.74, 6) is 2.94. The quantitative estimate of drug-likeness (QED) is 0.826. The molecule has 1 aromatic heterocycles. The molecule has 3 aliphatic rings. The van der Waals surface area contributed by atoms with Crippen molar-refractivity contribution in [1.82, 2.24) is 19.9 Å². The number of aromatic nitrogens is 2. The van der Waals surface area contributed by atoms with Crippen molar-refractivity contribution in [2.75, 3.05) is 33.2 Å². The molecule has 1 aromatic carbocycles. The third-order valence-corrected chi connectivity index (χ3v) is 6.78. The van der Waals surface area contributed by atoms with Gasteiger partial charge in [-0.25, -0.2) is 0 Å². The Labute approximate surface area is 161 Å². The van der Waals surface area contributed by atoms with Gasteiger partial charge in [0.1, 0.15) is 0 Å². The van der Waals surface area contributed by atoms with E-state index in [9.17, 15) is 0 Å². The molecular weight excluding hydrogens is 336 g/mol. The van der Waals surface area contributed by atoms with Crippen LogP contribution in [0.2, 0.25) is 0 Å². The summed E-state index contributed by atoms with van der Waals surface area (Å²) in [5.41, 5.74) is 1.96. The molecule has 144 valence electrons. The summed E-state index contributed by atoms with van der Waals surface area (Å²) in [6.07, 6.45) is 6.29. The highest BCUT2D eigenvalue weighted by atomic mass is 16.5. The normalized spacial score (nSPS) is 26.5. The molecule has 2 aromatic rings. The van der Waals surface area contributed by atoms with Crippen molar-refractivity contribution in [2.24, 2.45) is 5.41 Å². The van der Waals surface area contributed by atoms with Crippen LogP contribution in [0.25, 0.3) is 0 Å². The number of benzene rings is 1. The summed E-state index contributed by atoms with van der Waals surface area (Å²) < 4.78 is 5.42. The van der Waals surface area contributed by atoms with Crippen LogP contribution in [0.1, 0.15) is 61.2 Å². The van der Waals surface area contributed by atoms with E-state index in [0.29, 0.717) is 17.3 Å². The van der Waals surface area contributed by atoms with Crippen molar-refractivity contribution in [3.05, 3.63) is 47.6 Å². The van der Waals surface area contributed by atoms with Gasteiger partial charge in [-0.15, -0.1) is 0 Å². The van der Waals surface area contributed by atoms with Crippen molar-refractivity contribution < 1.29 is 4.52 Å². The van der Waals surface area contributed by atoms with Crippen LogP contribution < -0.4 is 0 Å². The first-order chi connectivity index (χ1) is 13.2. The molecule has 5 rings (SSSR count). The third kappa shape index (κ3) is 3.81. The van der Waals surface area contributed by atoms with Gasteiger partial charge in [0.25, 0.3) is 0 Å². The Balaban J connectivity index is 1.21. The minimum atomic E-state index is 0.459. The summed E-state index contributed by atoms with van der Waals surface area (Å²) in [5, 5.41) is 4.20. The Morgan fingerprint density at radius 3 is 2.63 bits per heavy atom. The number of likely N-dealkylation sites (tertiary alicyclic amines) is 2. The van der Waals surface area contributed by atoms with Crippen molar-refractivity contribution in [3.63, 3.8) is 0 Å². The topological polar surface area (TPSA) is 45.4 Å². The SMILES string of the molecule is CN1CC(c2ccccc2)CC2(CCN(Cc3noc(C4CC4)n3)CC2)C1. The third-order valence-electron chi connectivity index (χ3n) is 6.78. The lowest BCUT2D eigenvalue weighted by Gasteiger charge is -2.49. The summed E-state index contributed by atoms with van der Waals surface area (Å²) >= 11 is 0. The number of likely N-dealkylation sites (N-methyl/N-ethyl adjacent to an activating group) is 1. The maximum absolute atomic E-state index is 5.42. The van der Waals surface area contributed by atoms with E-state index in [-0.39, 0.29) is 0 Å². The summed E-state index contributed by atoms with van der Waals surface area (Å²) in [4.78, 5) is 9.67. The first-order valence-corrected chi connectivity index (χ1v) is 10.5. The van der Waals surface area contributed by atoms with Gasteiger partial charge in [-0.3, -0.25) is 4.90 Å². The number of nitrogens with zero attached hydrogens (tertiary/aromatic N) is 4. The van der Waals surface area contributed by atoms with Crippen molar-refractivity contribution in [1.29, 1.82) is 0 Å². The van der Waals surface area contributed by atoms with Crippen LogP contribution in [0, 0.1) is 5.41 Å². The molecule has 2 aliphatic heterocycles. The van der Waals surface area contributed by atoms with Gasteiger partial charge in [0.2, 0.25) is 5.89 Å². The van der Waals surface area contributed by atoms with Gasteiger partial charge in [-0.05, 0) is 69.1 Å². The summed E-state index contributed by atoms with van der Waals surface area (Å²) in [6, 6.07) is 11.1. The molecule has 1 saturated carbocycles. The van der Waals surface area contributed by atoms with Gasteiger partial charge in [-0.2, -0.15) is 4.98 Å². The molecule has 27 heavy (non-hydrogen) atoms. The number of rotatable bonds is 4. The van der Waals surface area contributed by atoms with Crippen molar-refractivity contribution in [2.45, 2.75) is 50.5 Å². The Morgan fingerprint density at radius 2 is 1.89 bits per heavy atom. The highest BCUT2D eigenvalue weighted by molar-refractivity contribution is 5.21. The van der Waals surface area contributed by atoms with Gasteiger partial charge in [0.15, 0.2) is 5.82 Å². The fourth-order valence-corrected chi connectivity index (χ4v) is 5.19. The number of piperidine rings is 2. The van der Waals surface area contributed by atoms with Crippen LogP contribution in [0.15, 0.2) is 34.9 Å². The Kier molecular flexibility index (Phi) is 4.52. The van der Waals surface area contributed by atoms with Crippen LogP contribution >= 0.6 is 0 Å². The van der Waals surface area contributed by atoms with E-state index in [1.165, 1.54) is 50.8 Å². The molecule has 1 aliphatic carbocycles. The lowest BCUT2D eigenvalue weighted by molar-refractivity contribution is 0.0210. The first-order valence-electron chi connectivity index (χ1n) is 10.5. The van der Waals surface area contributed by atoms with E-state index in [1.807, 2.05) is 0 Å². The highest BCUT2D eigenvalue weighted by Gasteiger charge is 2.41. The molecule has 1 spiro atoms. The molecule has 0 N–H and O–H groups in total. The van der Waals surface area contributed by atoms with Gasteiger partial charge in [0.05, 0.1) is 6.54 Å². The first kappa shape index (κ1) is 17.4. The minimum Gasteiger partial charge on any atom is -0.339 e. The molecule has 0 amide bonds.